The summed E-state index contributed by atoms with van der Waals surface area (Å²) in [7, 11) is 0. The van der Waals surface area contributed by atoms with Crippen LogP contribution in [0.4, 0.5) is 0 Å². The Labute approximate surface area is 60.6 Å². The number of nitrogens with zero attached hydrogens (tertiary/aromatic N) is 1. The predicted octanol–water partition coefficient (Wildman–Crippen LogP) is -0.107. The van der Waals surface area contributed by atoms with E-state index in [1.54, 1.807) is 0 Å². The van der Waals surface area contributed by atoms with Gasteiger partial charge in [0.1, 0.15) is 0 Å². The van der Waals surface area contributed by atoms with Gasteiger partial charge in [-0.25, -0.2) is 0 Å². The number of aryl methyl sites for hydroxylation is 2. The molecule has 4 N–H and O–H groups in total. The Bertz CT molecular complexity index is 192. The number of hydrogen-bond acceptors (Lipinski definition) is 1. The highest BCUT2D eigenvalue weighted by atomic mass is 15.1. The third-order valence-corrected chi connectivity index (χ3v) is 1.63. The molecule has 0 bridgehead atoms. The Morgan fingerprint density at radius 1 is 1.70 bits per heavy atom. The first-order valence-corrected chi connectivity index (χ1v) is 3.62. The molecule has 3 nitrogen and oxygen atoms in total. The van der Waals surface area contributed by atoms with E-state index in [1.807, 2.05) is 13.1 Å². The first-order chi connectivity index (χ1) is 4.84. The van der Waals surface area contributed by atoms with Gasteiger partial charge in [-0.1, -0.05) is 0 Å². The Kier molecular flexibility index (Phi) is 2.45. The molecule has 0 saturated heterocycles. The van der Waals surface area contributed by atoms with Crippen LogP contribution in [0.1, 0.15) is 17.7 Å². The normalized spacial score (nSPS) is 10.2. The van der Waals surface area contributed by atoms with Crippen molar-refractivity contribution in [2.45, 2.75) is 19.8 Å². The van der Waals surface area contributed by atoms with Gasteiger partial charge in [0.05, 0.1) is 12.7 Å². The minimum atomic E-state index is 1.00. The summed E-state index contributed by atoms with van der Waals surface area (Å²) in [5.74, 6) is 0. The predicted molar refractivity (Wildman–Crippen MR) is 39.4 cm³/mol. The highest BCUT2D eigenvalue weighted by molar-refractivity contribution is 5.13. The van der Waals surface area contributed by atoms with E-state index in [9.17, 15) is 0 Å². The lowest BCUT2D eigenvalue weighted by atomic mass is 10.1. The van der Waals surface area contributed by atoms with Gasteiger partial charge in [0.15, 0.2) is 0 Å². The van der Waals surface area contributed by atoms with Crippen molar-refractivity contribution in [2.75, 3.05) is 6.54 Å². The van der Waals surface area contributed by atoms with Gasteiger partial charge in [0, 0.05) is 12.1 Å². The van der Waals surface area contributed by atoms with Crippen molar-refractivity contribution in [2.24, 2.45) is 0 Å². The van der Waals surface area contributed by atoms with Crippen LogP contribution in [0.5, 0.6) is 0 Å². The Morgan fingerprint density at radius 2 is 2.50 bits per heavy atom. The molecule has 0 radical (unpaired) electrons. The van der Waals surface area contributed by atoms with Gasteiger partial charge >= 0.3 is 0 Å². The maximum Gasteiger partial charge on any atom is 0.0743 e. The quantitative estimate of drug-likeness (QED) is 0.605. The molecule has 0 aliphatic carbocycles. The molecule has 0 saturated carbocycles. The first-order valence-electron chi connectivity index (χ1n) is 3.62. The third-order valence-electron chi connectivity index (χ3n) is 1.63. The molecule has 1 rings (SSSR count). The smallest absolute Gasteiger partial charge is 0.0743 e. The minimum Gasteiger partial charge on any atom is -0.358 e. The van der Waals surface area contributed by atoms with Gasteiger partial charge in [-0.05, 0) is 18.9 Å². The zero-order valence-corrected chi connectivity index (χ0v) is 6.35. The highest BCUT2D eigenvalue weighted by Crippen LogP contribution is 2.04. The van der Waals surface area contributed by atoms with Crippen LogP contribution in [0.25, 0.3) is 0 Å². The largest absolute Gasteiger partial charge is 0.358 e. The van der Waals surface area contributed by atoms with Crippen LogP contribution in [0.15, 0.2) is 6.20 Å². The van der Waals surface area contributed by atoms with E-state index < -0.39 is 0 Å². The molecule has 10 heavy (non-hydrogen) atoms. The molecule has 0 amide bonds. The van der Waals surface area contributed by atoms with Crippen LogP contribution < -0.4 is 5.73 Å². The van der Waals surface area contributed by atoms with Gasteiger partial charge in [-0.3, -0.25) is 5.10 Å². The lowest BCUT2D eigenvalue weighted by Gasteiger charge is -1.93. The standard InChI is InChI=1S/C7H13N3/c1-6-7(3-2-4-8)5-9-10-6/h5H,2-4,8H2,1H3,(H,9,10)/p+1. The monoisotopic (exact) mass is 140 g/mol. The highest BCUT2D eigenvalue weighted by Gasteiger charge is 1.98. The molecule has 56 valence electrons. The van der Waals surface area contributed by atoms with E-state index >= 15 is 0 Å². The Morgan fingerprint density at radius 3 is 3.00 bits per heavy atom. The molecular weight excluding hydrogens is 126 g/mol. The topological polar surface area (TPSA) is 56.3 Å². The maximum absolute atomic E-state index is 3.93. The fraction of sp³-hybridized carbons (Fsp3) is 0.571. The summed E-state index contributed by atoms with van der Waals surface area (Å²) >= 11 is 0. The number of aromatic nitrogens is 2. The van der Waals surface area contributed by atoms with E-state index in [1.165, 1.54) is 11.3 Å². The van der Waals surface area contributed by atoms with Crippen LogP contribution >= 0.6 is 0 Å². The Balaban J connectivity index is 2.49. The summed E-state index contributed by atoms with van der Waals surface area (Å²) in [6.45, 7) is 3.05. The van der Waals surface area contributed by atoms with Gasteiger partial charge in [0.2, 0.25) is 0 Å². The molecule has 0 aliphatic rings. The maximum atomic E-state index is 3.93. The second-order valence-corrected chi connectivity index (χ2v) is 2.48. The molecule has 0 atom stereocenters. The average Bonchev–Trinajstić information content (AvgIpc) is 2.31. The molecule has 1 aromatic rings. The number of aromatic amines is 1. The van der Waals surface area contributed by atoms with Crippen molar-refractivity contribution in [1.29, 1.82) is 0 Å². The summed E-state index contributed by atoms with van der Waals surface area (Å²) in [6.07, 6.45) is 4.15. The van der Waals surface area contributed by atoms with E-state index in [0.717, 1.165) is 19.4 Å². The van der Waals surface area contributed by atoms with Crippen molar-refractivity contribution in [1.82, 2.24) is 10.2 Å². The first kappa shape index (κ1) is 7.28. The zero-order valence-electron chi connectivity index (χ0n) is 6.35. The van der Waals surface area contributed by atoms with Crippen LogP contribution in [0.3, 0.4) is 0 Å². The SMILES string of the molecule is Cc1[nH]ncc1CCC[NH3+]. The van der Waals surface area contributed by atoms with Crippen LogP contribution in [0, 0.1) is 6.92 Å². The average molecular weight is 140 g/mol. The summed E-state index contributed by atoms with van der Waals surface area (Å²) < 4.78 is 0. The summed E-state index contributed by atoms with van der Waals surface area (Å²) in [5.41, 5.74) is 6.30. The lowest BCUT2D eigenvalue weighted by molar-refractivity contribution is -0.368. The molecule has 0 aromatic carbocycles. The summed E-state index contributed by atoms with van der Waals surface area (Å²) in [5, 5.41) is 6.84. The molecule has 0 aliphatic heterocycles. The molecule has 0 spiro atoms. The number of hydrogen-bond donors (Lipinski definition) is 2. The van der Waals surface area contributed by atoms with Crippen molar-refractivity contribution in [3.8, 4) is 0 Å². The van der Waals surface area contributed by atoms with E-state index in [-0.39, 0.29) is 0 Å². The Hall–Kier alpha value is -0.830. The van der Waals surface area contributed by atoms with Gasteiger partial charge in [-0.2, -0.15) is 5.10 Å². The number of rotatable bonds is 3. The van der Waals surface area contributed by atoms with Crippen LogP contribution in [0.2, 0.25) is 0 Å². The summed E-state index contributed by atoms with van der Waals surface area (Å²) in [4.78, 5) is 0. The third kappa shape index (κ3) is 1.57. The van der Waals surface area contributed by atoms with Gasteiger partial charge in [-0.15, -0.1) is 0 Å². The van der Waals surface area contributed by atoms with Gasteiger partial charge in [0.25, 0.3) is 0 Å². The molecular formula is C7H14N3+. The minimum absolute atomic E-state index is 1.00. The van der Waals surface area contributed by atoms with E-state index in [0.29, 0.717) is 0 Å². The fourth-order valence-corrected chi connectivity index (χ4v) is 0.943. The van der Waals surface area contributed by atoms with Crippen molar-refractivity contribution >= 4 is 0 Å². The van der Waals surface area contributed by atoms with Crippen molar-refractivity contribution < 1.29 is 5.73 Å². The fourth-order valence-electron chi connectivity index (χ4n) is 0.943. The number of quaternary nitrogens is 1. The summed E-state index contributed by atoms with van der Waals surface area (Å²) in [6, 6.07) is 0. The van der Waals surface area contributed by atoms with Gasteiger partial charge < -0.3 is 5.73 Å². The zero-order chi connectivity index (χ0) is 7.40. The molecule has 0 unspecified atom stereocenters. The lowest BCUT2D eigenvalue weighted by Crippen LogP contribution is -2.50. The van der Waals surface area contributed by atoms with Crippen molar-refractivity contribution in [3.05, 3.63) is 17.5 Å². The molecule has 0 fully saturated rings. The van der Waals surface area contributed by atoms with Crippen LogP contribution in [-0.4, -0.2) is 16.7 Å². The second-order valence-electron chi connectivity index (χ2n) is 2.48. The molecule has 1 aromatic heterocycles. The number of H-pyrrole nitrogens is 1. The molecule has 1 heterocycles. The van der Waals surface area contributed by atoms with E-state index in [4.69, 9.17) is 0 Å². The van der Waals surface area contributed by atoms with Crippen molar-refractivity contribution in [3.63, 3.8) is 0 Å². The second kappa shape index (κ2) is 3.37. The molecule has 3 heteroatoms. The van der Waals surface area contributed by atoms with Crippen LogP contribution in [-0.2, 0) is 6.42 Å². The number of nitrogens with one attached hydrogen (secondary N) is 1. The van der Waals surface area contributed by atoms with E-state index in [2.05, 4.69) is 15.9 Å².